The molecular formula is C21H29N. The number of hydrogen-bond donors (Lipinski definition) is 0. The van der Waals surface area contributed by atoms with Crippen molar-refractivity contribution in [3.8, 4) is 11.1 Å². The number of benzene rings is 1. The summed E-state index contributed by atoms with van der Waals surface area (Å²) in [6, 6.07) is 13.2. The maximum atomic E-state index is 4.62. The lowest BCUT2D eigenvalue weighted by atomic mass is 9.87. The van der Waals surface area contributed by atoms with Crippen molar-refractivity contribution in [2.45, 2.75) is 54.4 Å². The van der Waals surface area contributed by atoms with Crippen molar-refractivity contribution < 1.29 is 0 Å². The summed E-state index contributed by atoms with van der Waals surface area (Å²) in [6.45, 7) is 13.6. The molecule has 0 spiro atoms. The summed E-state index contributed by atoms with van der Waals surface area (Å²) in [5.74, 6) is 0. The summed E-state index contributed by atoms with van der Waals surface area (Å²) in [6.07, 6.45) is 4.12. The lowest BCUT2D eigenvalue weighted by Crippen LogP contribution is -2.10. The smallest absolute Gasteiger partial charge is 0.0409 e. The molecule has 1 heterocycles. The largest absolute Gasteiger partial charge is 0.261 e. The normalized spacial score (nSPS) is 12.5. The van der Waals surface area contributed by atoms with E-state index in [1.54, 1.807) is 0 Å². The molecule has 0 saturated carbocycles. The molecule has 2 aromatic rings. The molecule has 1 aromatic carbocycles. The Bertz CT molecular complexity index is 535. The Labute approximate surface area is 135 Å². The van der Waals surface area contributed by atoms with Crippen LogP contribution in [0.4, 0.5) is 0 Å². The Morgan fingerprint density at radius 1 is 0.682 bits per heavy atom. The number of hydrogen-bond acceptors (Lipinski definition) is 1. The van der Waals surface area contributed by atoms with Crippen molar-refractivity contribution in [1.82, 2.24) is 4.98 Å². The van der Waals surface area contributed by atoms with E-state index in [2.05, 4.69) is 82.9 Å². The fraction of sp³-hybridized carbons (Fsp3) is 0.476. The molecule has 0 N–H and O–H groups in total. The van der Waals surface area contributed by atoms with Crippen LogP contribution in [0.2, 0.25) is 0 Å². The zero-order chi connectivity index (χ0) is 16.4. The van der Waals surface area contributed by atoms with Crippen molar-refractivity contribution in [3.63, 3.8) is 0 Å². The second-order valence-electron chi connectivity index (χ2n) is 8.71. The van der Waals surface area contributed by atoms with Crippen molar-refractivity contribution >= 4 is 0 Å². The van der Waals surface area contributed by atoms with E-state index in [4.69, 9.17) is 0 Å². The minimum atomic E-state index is 0.281. The van der Waals surface area contributed by atoms with Crippen LogP contribution in [0.5, 0.6) is 0 Å². The molecule has 0 radical (unpaired) electrons. The molecule has 118 valence electrons. The minimum absolute atomic E-state index is 0.281. The topological polar surface area (TPSA) is 12.9 Å². The number of rotatable bonds is 3. The highest BCUT2D eigenvalue weighted by molar-refractivity contribution is 5.62. The molecule has 0 aliphatic rings. The van der Waals surface area contributed by atoms with Gasteiger partial charge in [0.05, 0.1) is 0 Å². The van der Waals surface area contributed by atoms with Gasteiger partial charge in [-0.15, -0.1) is 0 Å². The molecule has 0 unspecified atom stereocenters. The van der Waals surface area contributed by atoms with Crippen molar-refractivity contribution in [3.05, 3.63) is 53.9 Å². The van der Waals surface area contributed by atoms with E-state index in [9.17, 15) is 0 Å². The van der Waals surface area contributed by atoms with Gasteiger partial charge in [0.1, 0.15) is 0 Å². The van der Waals surface area contributed by atoms with E-state index in [1.165, 1.54) is 22.4 Å². The summed E-state index contributed by atoms with van der Waals surface area (Å²) < 4.78 is 0. The standard InChI is InChI=1S/C21H29N/c1-20(2,3)13-16-7-9-17(10-8-16)18-11-12-19(22-15-18)14-21(4,5)6/h7-12,15H,13-14H2,1-6H3. The van der Waals surface area contributed by atoms with Crippen LogP contribution in [0.15, 0.2) is 42.6 Å². The molecule has 0 saturated heterocycles. The molecule has 0 aliphatic carbocycles. The molecule has 0 fully saturated rings. The Balaban J connectivity index is 2.12. The predicted molar refractivity (Wildman–Crippen MR) is 96.0 cm³/mol. The first-order valence-electron chi connectivity index (χ1n) is 8.17. The van der Waals surface area contributed by atoms with Crippen LogP contribution in [-0.4, -0.2) is 4.98 Å². The van der Waals surface area contributed by atoms with Gasteiger partial charge in [0.15, 0.2) is 0 Å². The third kappa shape index (κ3) is 5.29. The van der Waals surface area contributed by atoms with Crippen molar-refractivity contribution in [1.29, 1.82) is 0 Å². The first-order chi connectivity index (χ1) is 10.1. The lowest BCUT2D eigenvalue weighted by Gasteiger charge is -2.18. The molecule has 0 aliphatic heterocycles. The van der Waals surface area contributed by atoms with Gasteiger partial charge in [-0.25, -0.2) is 0 Å². The van der Waals surface area contributed by atoms with E-state index in [0.29, 0.717) is 5.41 Å². The van der Waals surface area contributed by atoms with Crippen molar-refractivity contribution in [2.24, 2.45) is 10.8 Å². The number of pyridine rings is 1. The fourth-order valence-corrected chi connectivity index (χ4v) is 2.67. The van der Waals surface area contributed by atoms with Gasteiger partial charge in [0, 0.05) is 17.5 Å². The van der Waals surface area contributed by atoms with E-state index in [1.807, 2.05) is 6.20 Å². The van der Waals surface area contributed by atoms with E-state index in [-0.39, 0.29) is 5.41 Å². The lowest BCUT2D eigenvalue weighted by molar-refractivity contribution is 0.406. The zero-order valence-electron chi connectivity index (χ0n) is 14.9. The maximum absolute atomic E-state index is 4.62. The highest BCUT2D eigenvalue weighted by Crippen LogP contribution is 2.25. The van der Waals surface area contributed by atoms with Gasteiger partial charge >= 0.3 is 0 Å². The molecule has 0 atom stereocenters. The van der Waals surface area contributed by atoms with Gasteiger partial charge in [-0.2, -0.15) is 0 Å². The quantitative estimate of drug-likeness (QED) is 0.684. The van der Waals surface area contributed by atoms with Gasteiger partial charge in [-0.1, -0.05) is 71.9 Å². The Hall–Kier alpha value is -1.63. The minimum Gasteiger partial charge on any atom is -0.261 e. The Morgan fingerprint density at radius 3 is 1.68 bits per heavy atom. The van der Waals surface area contributed by atoms with Gasteiger partial charge < -0.3 is 0 Å². The van der Waals surface area contributed by atoms with Crippen LogP contribution < -0.4 is 0 Å². The van der Waals surface area contributed by atoms with Crippen LogP contribution in [0.1, 0.15) is 52.8 Å². The van der Waals surface area contributed by atoms with Gasteiger partial charge in [-0.05, 0) is 40.9 Å². The third-order valence-corrected chi connectivity index (χ3v) is 3.56. The van der Waals surface area contributed by atoms with Gasteiger partial charge in [0.25, 0.3) is 0 Å². The summed E-state index contributed by atoms with van der Waals surface area (Å²) in [5, 5.41) is 0. The highest BCUT2D eigenvalue weighted by Gasteiger charge is 2.13. The molecule has 22 heavy (non-hydrogen) atoms. The van der Waals surface area contributed by atoms with Gasteiger partial charge in [-0.3, -0.25) is 4.98 Å². The average molecular weight is 295 g/mol. The average Bonchev–Trinajstić information content (AvgIpc) is 2.37. The van der Waals surface area contributed by atoms with E-state index >= 15 is 0 Å². The third-order valence-electron chi connectivity index (χ3n) is 3.56. The van der Waals surface area contributed by atoms with Crippen LogP contribution in [0.25, 0.3) is 11.1 Å². The van der Waals surface area contributed by atoms with Crippen LogP contribution in [0.3, 0.4) is 0 Å². The first-order valence-corrected chi connectivity index (χ1v) is 8.17. The summed E-state index contributed by atoms with van der Waals surface area (Å²) >= 11 is 0. The first kappa shape index (κ1) is 16.7. The summed E-state index contributed by atoms with van der Waals surface area (Å²) in [5.41, 5.74) is 5.61. The number of aromatic nitrogens is 1. The maximum Gasteiger partial charge on any atom is 0.0409 e. The molecular weight excluding hydrogens is 266 g/mol. The van der Waals surface area contributed by atoms with Crippen molar-refractivity contribution in [2.75, 3.05) is 0 Å². The fourth-order valence-electron chi connectivity index (χ4n) is 2.67. The zero-order valence-corrected chi connectivity index (χ0v) is 14.9. The Kier molecular flexibility index (Phi) is 4.75. The molecule has 2 rings (SSSR count). The highest BCUT2D eigenvalue weighted by atomic mass is 14.7. The monoisotopic (exact) mass is 295 g/mol. The van der Waals surface area contributed by atoms with Crippen LogP contribution in [0, 0.1) is 10.8 Å². The predicted octanol–water partition coefficient (Wildman–Crippen LogP) is 5.93. The van der Waals surface area contributed by atoms with E-state index < -0.39 is 0 Å². The van der Waals surface area contributed by atoms with Crippen LogP contribution >= 0.6 is 0 Å². The van der Waals surface area contributed by atoms with Crippen LogP contribution in [-0.2, 0) is 12.8 Å². The molecule has 1 aromatic heterocycles. The van der Waals surface area contributed by atoms with Gasteiger partial charge in [0.2, 0.25) is 0 Å². The second-order valence-corrected chi connectivity index (χ2v) is 8.71. The summed E-state index contributed by atoms with van der Waals surface area (Å²) in [7, 11) is 0. The molecule has 0 bridgehead atoms. The Morgan fingerprint density at radius 2 is 1.23 bits per heavy atom. The SMILES string of the molecule is CC(C)(C)Cc1ccc(-c2ccc(CC(C)(C)C)nc2)cc1. The molecule has 1 heteroatoms. The molecule has 1 nitrogen and oxygen atoms in total. The summed E-state index contributed by atoms with van der Waals surface area (Å²) in [4.78, 5) is 4.62. The molecule has 0 amide bonds. The number of nitrogens with zero attached hydrogens (tertiary/aromatic N) is 1. The second kappa shape index (κ2) is 6.24. The van der Waals surface area contributed by atoms with E-state index in [0.717, 1.165) is 12.8 Å².